The molecule has 6 heteroatoms. The molecule has 0 unspecified atom stereocenters. The number of benzene rings is 3. The van der Waals surface area contributed by atoms with Gasteiger partial charge in [0.1, 0.15) is 0 Å². The molecule has 0 spiro atoms. The van der Waals surface area contributed by atoms with E-state index in [0.717, 1.165) is 11.1 Å². The van der Waals surface area contributed by atoms with E-state index in [-0.39, 0.29) is 10.8 Å². The van der Waals surface area contributed by atoms with Crippen molar-refractivity contribution in [3.05, 3.63) is 102 Å². The van der Waals surface area contributed by atoms with Crippen molar-refractivity contribution in [3.63, 3.8) is 0 Å². The molecule has 0 aliphatic carbocycles. The second-order valence-corrected chi connectivity index (χ2v) is 8.59. The van der Waals surface area contributed by atoms with Crippen LogP contribution in [0, 0.1) is 0 Å². The molecule has 3 aromatic rings. The summed E-state index contributed by atoms with van der Waals surface area (Å²) in [7, 11) is -3.80. The average molecular weight is 423 g/mol. The number of hydrogen-bond acceptors (Lipinski definition) is 3. The van der Waals surface area contributed by atoms with E-state index in [4.69, 9.17) is 0 Å². The van der Waals surface area contributed by atoms with Gasteiger partial charge in [-0.05, 0) is 49.2 Å². The predicted molar refractivity (Wildman–Crippen MR) is 119 cm³/mol. The van der Waals surface area contributed by atoms with E-state index in [1.165, 1.54) is 12.1 Å². The summed E-state index contributed by atoms with van der Waals surface area (Å²) in [4.78, 5) is 14.3. The number of nitrogens with one attached hydrogen (secondary N) is 1. The highest BCUT2D eigenvalue weighted by Gasteiger charge is 2.23. The molecule has 1 N–H and O–H groups in total. The van der Waals surface area contributed by atoms with Crippen LogP contribution in [0.1, 0.15) is 41.4 Å². The predicted octanol–water partition coefficient (Wildman–Crippen LogP) is 4.24. The number of nitrogens with zero attached hydrogens (tertiary/aromatic N) is 1. The molecule has 0 heterocycles. The van der Waals surface area contributed by atoms with Gasteiger partial charge in [-0.2, -0.15) is 4.72 Å². The maximum atomic E-state index is 13.1. The van der Waals surface area contributed by atoms with Crippen molar-refractivity contribution in [2.24, 2.45) is 0 Å². The number of sulfonamides is 1. The zero-order chi connectivity index (χ0) is 21.6. The molecule has 30 heavy (non-hydrogen) atoms. The lowest BCUT2D eigenvalue weighted by Crippen LogP contribution is -2.31. The second kappa shape index (κ2) is 9.69. The molecule has 0 fully saturated rings. The summed E-state index contributed by atoms with van der Waals surface area (Å²) < 4.78 is 29.0. The molecule has 1 amide bonds. The van der Waals surface area contributed by atoms with Crippen LogP contribution < -0.4 is 4.72 Å². The largest absolute Gasteiger partial charge is 0.339 e. The molecule has 0 radical (unpaired) electrons. The zero-order valence-electron chi connectivity index (χ0n) is 17.2. The van der Waals surface area contributed by atoms with Gasteiger partial charge in [0.15, 0.2) is 0 Å². The van der Waals surface area contributed by atoms with Gasteiger partial charge in [0, 0.05) is 18.7 Å². The van der Waals surface area contributed by atoms with Crippen LogP contribution in [0.15, 0.2) is 89.8 Å². The van der Waals surface area contributed by atoms with Crippen molar-refractivity contribution >= 4 is 15.9 Å². The fourth-order valence-corrected chi connectivity index (χ4v) is 4.53. The third-order valence-electron chi connectivity index (χ3n) is 5.00. The minimum absolute atomic E-state index is 0.108. The van der Waals surface area contributed by atoms with Crippen molar-refractivity contribution in [1.82, 2.24) is 9.62 Å². The Kier molecular flexibility index (Phi) is 7.03. The molecule has 0 aliphatic heterocycles. The Labute approximate surface area is 178 Å². The first kappa shape index (κ1) is 21.7. The first-order valence-corrected chi connectivity index (χ1v) is 11.5. The Balaban J connectivity index is 1.89. The minimum atomic E-state index is -3.80. The van der Waals surface area contributed by atoms with Crippen LogP contribution >= 0.6 is 0 Å². The van der Waals surface area contributed by atoms with E-state index in [9.17, 15) is 13.2 Å². The number of carbonyl (C=O) groups excluding carboxylic acids is 1. The Bertz CT molecular complexity index is 1020. The molecular weight excluding hydrogens is 396 g/mol. The highest BCUT2D eigenvalue weighted by Crippen LogP contribution is 2.24. The van der Waals surface area contributed by atoms with Gasteiger partial charge in [0.25, 0.3) is 5.91 Å². The van der Waals surface area contributed by atoms with Crippen LogP contribution in [-0.4, -0.2) is 32.3 Å². The molecule has 0 saturated carbocycles. The summed E-state index contributed by atoms with van der Waals surface area (Å²) >= 11 is 0. The van der Waals surface area contributed by atoms with E-state index < -0.39 is 16.1 Å². The van der Waals surface area contributed by atoms with Gasteiger partial charge in [-0.25, -0.2) is 8.42 Å². The third-order valence-corrected chi connectivity index (χ3v) is 6.44. The van der Waals surface area contributed by atoms with E-state index in [1.54, 1.807) is 17.0 Å². The van der Waals surface area contributed by atoms with E-state index in [1.807, 2.05) is 74.5 Å². The zero-order valence-corrected chi connectivity index (χ0v) is 18.0. The average Bonchev–Trinajstić information content (AvgIpc) is 2.79. The van der Waals surface area contributed by atoms with E-state index >= 15 is 0 Å². The highest BCUT2D eigenvalue weighted by molar-refractivity contribution is 7.89. The number of hydrogen-bond donors (Lipinski definition) is 1. The topological polar surface area (TPSA) is 66.5 Å². The first-order valence-electron chi connectivity index (χ1n) is 9.97. The van der Waals surface area contributed by atoms with Gasteiger partial charge in [0.2, 0.25) is 10.0 Å². The molecular formula is C24H26N2O3S. The van der Waals surface area contributed by atoms with Crippen molar-refractivity contribution in [2.75, 3.05) is 13.1 Å². The summed E-state index contributed by atoms with van der Waals surface area (Å²) in [5, 5.41) is 0. The maximum absolute atomic E-state index is 13.1. The van der Waals surface area contributed by atoms with Gasteiger partial charge in [-0.15, -0.1) is 0 Å². The van der Waals surface area contributed by atoms with Crippen LogP contribution in [0.2, 0.25) is 0 Å². The van der Waals surface area contributed by atoms with Gasteiger partial charge in [-0.3, -0.25) is 4.79 Å². The van der Waals surface area contributed by atoms with Crippen molar-refractivity contribution < 1.29 is 13.2 Å². The molecule has 156 valence electrons. The Morgan fingerprint density at radius 2 is 1.27 bits per heavy atom. The molecule has 3 aromatic carbocycles. The van der Waals surface area contributed by atoms with Gasteiger partial charge < -0.3 is 4.90 Å². The monoisotopic (exact) mass is 422 g/mol. The lowest BCUT2D eigenvalue weighted by molar-refractivity contribution is 0.0773. The van der Waals surface area contributed by atoms with Crippen LogP contribution in [0.3, 0.4) is 0 Å². The maximum Gasteiger partial charge on any atom is 0.253 e. The molecule has 0 saturated heterocycles. The van der Waals surface area contributed by atoms with Gasteiger partial charge in [0.05, 0.1) is 10.9 Å². The van der Waals surface area contributed by atoms with E-state index in [2.05, 4.69) is 4.72 Å². The molecule has 0 aromatic heterocycles. The summed E-state index contributed by atoms with van der Waals surface area (Å²) in [6.45, 7) is 5.04. The van der Waals surface area contributed by atoms with Gasteiger partial charge >= 0.3 is 0 Å². The van der Waals surface area contributed by atoms with Crippen LogP contribution in [0.4, 0.5) is 0 Å². The lowest BCUT2D eigenvalue weighted by Gasteiger charge is -2.20. The van der Waals surface area contributed by atoms with E-state index in [0.29, 0.717) is 18.7 Å². The van der Waals surface area contributed by atoms with Crippen LogP contribution in [0.5, 0.6) is 0 Å². The molecule has 5 nitrogen and oxygen atoms in total. The lowest BCUT2D eigenvalue weighted by atomic mass is 10.00. The van der Waals surface area contributed by atoms with Gasteiger partial charge in [-0.1, -0.05) is 60.7 Å². The normalized spacial score (nSPS) is 11.4. The molecule has 3 rings (SSSR count). The summed E-state index contributed by atoms with van der Waals surface area (Å²) in [5.41, 5.74) is 2.17. The number of amides is 1. The Morgan fingerprint density at radius 3 is 1.70 bits per heavy atom. The summed E-state index contributed by atoms with van der Waals surface area (Å²) in [5.74, 6) is -0.108. The quantitative estimate of drug-likeness (QED) is 0.591. The Morgan fingerprint density at radius 1 is 0.800 bits per heavy atom. The SMILES string of the molecule is CCN(CC)C(=O)c1ccc(S(=O)(=O)NC(c2ccccc2)c2ccccc2)cc1. The van der Waals surface area contributed by atoms with Crippen molar-refractivity contribution in [3.8, 4) is 0 Å². The molecule has 0 aliphatic rings. The van der Waals surface area contributed by atoms with Crippen LogP contribution in [-0.2, 0) is 10.0 Å². The molecule has 0 atom stereocenters. The fourth-order valence-electron chi connectivity index (χ4n) is 3.31. The standard InChI is InChI=1S/C24H26N2O3S/c1-3-26(4-2)24(27)21-15-17-22(18-16-21)30(28,29)25-23(19-11-7-5-8-12-19)20-13-9-6-10-14-20/h5-18,23,25H,3-4H2,1-2H3. The number of rotatable bonds is 8. The second-order valence-electron chi connectivity index (χ2n) is 6.88. The summed E-state index contributed by atoms with van der Waals surface area (Å²) in [6.07, 6.45) is 0. The molecule has 0 bridgehead atoms. The Hall–Kier alpha value is -2.96. The smallest absolute Gasteiger partial charge is 0.253 e. The fraction of sp³-hybridized carbons (Fsp3) is 0.208. The van der Waals surface area contributed by atoms with Crippen molar-refractivity contribution in [1.29, 1.82) is 0 Å². The first-order chi connectivity index (χ1) is 14.5. The highest BCUT2D eigenvalue weighted by atomic mass is 32.2. The summed E-state index contributed by atoms with van der Waals surface area (Å²) in [6, 6.07) is 24.5. The minimum Gasteiger partial charge on any atom is -0.339 e. The third kappa shape index (κ3) is 4.96. The van der Waals surface area contributed by atoms with Crippen molar-refractivity contribution in [2.45, 2.75) is 24.8 Å². The number of carbonyl (C=O) groups is 1. The van der Waals surface area contributed by atoms with Crippen LogP contribution in [0.25, 0.3) is 0 Å².